The van der Waals surface area contributed by atoms with Crippen LogP contribution in [0.15, 0.2) is 0 Å². The molecule has 0 aromatic heterocycles. The van der Waals surface area contributed by atoms with E-state index in [1.54, 1.807) is 14.2 Å². The summed E-state index contributed by atoms with van der Waals surface area (Å²) in [6.07, 6.45) is 6.59. The number of methoxy groups -OCH3 is 2. The Morgan fingerprint density at radius 1 is 0.952 bits per heavy atom. The van der Waals surface area contributed by atoms with Gasteiger partial charge in [-0.1, -0.05) is 39.7 Å². The Morgan fingerprint density at radius 3 is 1.86 bits per heavy atom. The van der Waals surface area contributed by atoms with Crippen LogP contribution in [0, 0.1) is 31.7 Å². The molecule has 0 amide bonds. The van der Waals surface area contributed by atoms with Crippen molar-refractivity contribution in [3.05, 3.63) is 22.8 Å². The molecule has 0 N–H and O–H groups in total. The van der Waals surface area contributed by atoms with Crippen molar-refractivity contribution >= 4 is 0 Å². The fraction of sp³-hybridized carbons (Fsp3) is 0.667. The van der Waals surface area contributed by atoms with Gasteiger partial charge in [0.25, 0.3) is 0 Å². The molecule has 1 aromatic rings. The van der Waals surface area contributed by atoms with Crippen LogP contribution in [-0.4, -0.2) is 14.2 Å². The van der Waals surface area contributed by atoms with Gasteiger partial charge >= 0.3 is 0 Å². The fourth-order valence-electron chi connectivity index (χ4n) is 3.38. The second-order valence-corrected chi connectivity index (χ2v) is 6.25. The predicted octanol–water partition coefficient (Wildman–Crippen LogP) is 4.49. The van der Waals surface area contributed by atoms with Gasteiger partial charge in [0.15, 0.2) is 0 Å². The van der Waals surface area contributed by atoms with Crippen LogP contribution in [0.1, 0.15) is 49.3 Å². The quantitative estimate of drug-likeness (QED) is 0.733. The minimum Gasteiger partial charge on any atom is -0.522 e. The number of rotatable bonds is 4. The van der Waals surface area contributed by atoms with E-state index in [0.717, 1.165) is 29.8 Å². The zero-order valence-electron chi connectivity index (χ0n) is 14.1. The zero-order valence-corrected chi connectivity index (χ0v) is 16.9. The Morgan fingerprint density at radius 2 is 1.43 bits per heavy atom. The average molecular weight is 364 g/mol. The molecule has 2 nitrogen and oxygen atoms in total. The first-order valence-corrected chi connectivity index (χ1v) is 7.70. The Balaban J connectivity index is 0.00000220. The van der Waals surface area contributed by atoms with Crippen LogP contribution in [0.4, 0.5) is 0 Å². The second kappa shape index (κ2) is 8.53. The van der Waals surface area contributed by atoms with Crippen molar-refractivity contribution in [2.45, 2.75) is 52.9 Å². The van der Waals surface area contributed by atoms with Gasteiger partial charge in [0.2, 0.25) is 0 Å². The Labute approximate surface area is 154 Å². The van der Waals surface area contributed by atoms with Gasteiger partial charge in [-0.3, -0.25) is 0 Å². The SMILES string of the molecule is COc1[c-]c(OC)c(C)c(CC2CCC(C)CC2)c1C.[Y]. The summed E-state index contributed by atoms with van der Waals surface area (Å²) in [5.41, 5.74) is 3.85. The third-order valence-corrected chi connectivity index (χ3v) is 4.85. The summed E-state index contributed by atoms with van der Waals surface area (Å²) in [6.45, 7) is 6.65. The minimum absolute atomic E-state index is 0. The third-order valence-electron chi connectivity index (χ3n) is 4.85. The van der Waals surface area contributed by atoms with Gasteiger partial charge < -0.3 is 9.47 Å². The fourth-order valence-corrected chi connectivity index (χ4v) is 3.38. The van der Waals surface area contributed by atoms with E-state index in [4.69, 9.17) is 9.47 Å². The largest absolute Gasteiger partial charge is 0.522 e. The summed E-state index contributed by atoms with van der Waals surface area (Å²) in [5.74, 6) is 3.36. The van der Waals surface area contributed by atoms with Gasteiger partial charge in [-0.05, 0) is 31.1 Å². The monoisotopic (exact) mass is 364 g/mol. The topological polar surface area (TPSA) is 18.5 Å². The molecule has 3 heteroatoms. The maximum absolute atomic E-state index is 5.45. The summed E-state index contributed by atoms with van der Waals surface area (Å²) < 4.78 is 10.9. The smallest absolute Gasteiger partial charge is 0.0743 e. The third kappa shape index (κ3) is 4.45. The van der Waals surface area contributed by atoms with Gasteiger partial charge in [-0.15, -0.1) is 16.7 Å². The molecule has 0 heterocycles. The van der Waals surface area contributed by atoms with Gasteiger partial charge in [-0.2, -0.15) is 0 Å². The Kier molecular flexibility index (Phi) is 7.70. The van der Waals surface area contributed by atoms with Crippen molar-refractivity contribution in [3.8, 4) is 11.5 Å². The van der Waals surface area contributed by atoms with Crippen LogP contribution < -0.4 is 9.47 Å². The van der Waals surface area contributed by atoms with E-state index in [1.807, 2.05) is 0 Å². The van der Waals surface area contributed by atoms with Crippen molar-refractivity contribution in [3.63, 3.8) is 0 Å². The van der Waals surface area contributed by atoms with E-state index in [-0.39, 0.29) is 32.7 Å². The molecule has 1 saturated carbocycles. The van der Waals surface area contributed by atoms with Crippen LogP contribution in [-0.2, 0) is 39.1 Å². The molecular weight excluding hydrogens is 337 g/mol. The average Bonchev–Trinajstić information content (AvgIpc) is 2.46. The standard InChI is InChI=1S/C18H27O2.Y/c1-12-6-8-15(9-7-12)10-16-13(2)17(19-4)11-18(20-5)14(16)3;/h12,15H,6-10H2,1-5H3;/q-1;. The van der Waals surface area contributed by atoms with E-state index >= 15 is 0 Å². The molecule has 1 fully saturated rings. The molecule has 0 bridgehead atoms. The first kappa shape index (κ1) is 19.0. The molecule has 1 aliphatic carbocycles. The minimum atomic E-state index is 0. The molecule has 2 rings (SSSR count). The second-order valence-electron chi connectivity index (χ2n) is 6.25. The van der Waals surface area contributed by atoms with E-state index in [9.17, 15) is 0 Å². The number of benzene rings is 1. The van der Waals surface area contributed by atoms with Crippen molar-refractivity contribution in [2.24, 2.45) is 11.8 Å². The molecule has 115 valence electrons. The van der Waals surface area contributed by atoms with Crippen molar-refractivity contribution < 1.29 is 42.2 Å². The molecule has 0 aliphatic heterocycles. The Bertz CT molecular complexity index is 435. The number of hydrogen-bond acceptors (Lipinski definition) is 2. The van der Waals surface area contributed by atoms with Crippen molar-refractivity contribution in [2.75, 3.05) is 14.2 Å². The van der Waals surface area contributed by atoms with Gasteiger partial charge in [0.1, 0.15) is 0 Å². The summed E-state index contributed by atoms with van der Waals surface area (Å²) in [7, 11) is 3.42. The number of ether oxygens (including phenoxy) is 2. The summed E-state index contributed by atoms with van der Waals surface area (Å²) in [6, 6.07) is 3.22. The molecular formula is C18H27O2Y-. The Hall–Kier alpha value is -0.0761. The summed E-state index contributed by atoms with van der Waals surface area (Å²) >= 11 is 0. The van der Waals surface area contributed by atoms with Crippen LogP contribution in [0.2, 0.25) is 0 Å². The summed E-state index contributed by atoms with van der Waals surface area (Å²) in [4.78, 5) is 0. The summed E-state index contributed by atoms with van der Waals surface area (Å²) in [5, 5.41) is 0. The van der Waals surface area contributed by atoms with E-state index in [1.165, 1.54) is 42.4 Å². The molecule has 0 atom stereocenters. The van der Waals surface area contributed by atoms with Crippen LogP contribution in [0.3, 0.4) is 0 Å². The first-order chi connectivity index (χ1) is 9.56. The van der Waals surface area contributed by atoms with Crippen LogP contribution >= 0.6 is 0 Å². The molecule has 0 unspecified atom stereocenters. The van der Waals surface area contributed by atoms with Crippen LogP contribution in [0.5, 0.6) is 11.5 Å². The van der Waals surface area contributed by atoms with Gasteiger partial charge in [0, 0.05) is 44.2 Å². The molecule has 0 saturated heterocycles. The van der Waals surface area contributed by atoms with Crippen molar-refractivity contribution in [1.29, 1.82) is 0 Å². The maximum atomic E-state index is 5.45. The molecule has 0 spiro atoms. The molecule has 1 aliphatic rings. The van der Waals surface area contributed by atoms with E-state index in [0.29, 0.717) is 0 Å². The van der Waals surface area contributed by atoms with E-state index in [2.05, 4.69) is 26.8 Å². The zero-order chi connectivity index (χ0) is 14.7. The maximum Gasteiger partial charge on any atom is 0.0743 e. The van der Waals surface area contributed by atoms with Gasteiger partial charge in [-0.25, -0.2) is 0 Å². The van der Waals surface area contributed by atoms with E-state index < -0.39 is 0 Å². The first-order valence-electron chi connectivity index (χ1n) is 7.70. The normalized spacial score (nSPS) is 21.6. The predicted molar refractivity (Wildman–Crippen MR) is 82.7 cm³/mol. The number of hydrogen-bond donors (Lipinski definition) is 0. The molecule has 21 heavy (non-hydrogen) atoms. The van der Waals surface area contributed by atoms with Gasteiger partial charge in [0.05, 0.1) is 14.2 Å². The molecule has 1 aromatic carbocycles. The van der Waals surface area contributed by atoms with Crippen molar-refractivity contribution in [1.82, 2.24) is 0 Å². The molecule has 1 radical (unpaired) electrons. The van der Waals surface area contributed by atoms with Crippen LogP contribution in [0.25, 0.3) is 0 Å².